The van der Waals surface area contributed by atoms with Crippen LogP contribution in [-0.4, -0.2) is 14.5 Å². The fourth-order valence-electron chi connectivity index (χ4n) is 1.60. The van der Waals surface area contributed by atoms with Crippen molar-refractivity contribution in [1.29, 1.82) is 0 Å². The third-order valence-corrected chi connectivity index (χ3v) is 2.63. The maximum absolute atomic E-state index is 4.28. The molecule has 0 aliphatic carbocycles. The van der Waals surface area contributed by atoms with Gasteiger partial charge in [0.1, 0.15) is 0 Å². The molecule has 0 N–H and O–H groups in total. The highest BCUT2D eigenvalue weighted by Crippen LogP contribution is 2.09. The first-order valence-corrected chi connectivity index (χ1v) is 5.05. The van der Waals surface area contributed by atoms with E-state index < -0.39 is 0 Å². The lowest BCUT2D eigenvalue weighted by atomic mass is 10.2. The van der Waals surface area contributed by atoms with Crippen LogP contribution in [0.4, 0.5) is 0 Å². The van der Waals surface area contributed by atoms with Crippen LogP contribution in [0.3, 0.4) is 0 Å². The van der Waals surface area contributed by atoms with Gasteiger partial charge in [-0.1, -0.05) is 6.07 Å². The molecule has 2 rings (SSSR count). The lowest BCUT2D eigenvalue weighted by Crippen LogP contribution is -2.01. The smallest absolute Gasteiger partial charge is 0.0954 e. The van der Waals surface area contributed by atoms with Crippen LogP contribution >= 0.6 is 0 Å². The van der Waals surface area contributed by atoms with Crippen LogP contribution < -0.4 is 0 Å². The van der Waals surface area contributed by atoms with Crippen LogP contribution in [0.25, 0.3) is 0 Å². The van der Waals surface area contributed by atoms with Crippen molar-refractivity contribution < 1.29 is 0 Å². The largest absolute Gasteiger partial charge is 0.330 e. The molecule has 3 heteroatoms. The van der Waals surface area contributed by atoms with Crippen LogP contribution in [-0.2, 0) is 6.54 Å². The Bertz CT molecular complexity index is 471. The molecule has 3 nitrogen and oxygen atoms in total. The van der Waals surface area contributed by atoms with E-state index in [-0.39, 0.29) is 0 Å². The molecule has 0 unspecified atom stereocenters. The Morgan fingerprint density at radius 3 is 2.60 bits per heavy atom. The Hall–Kier alpha value is -1.64. The second-order valence-corrected chi connectivity index (χ2v) is 3.91. The van der Waals surface area contributed by atoms with Gasteiger partial charge >= 0.3 is 0 Å². The van der Waals surface area contributed by atoms with E-state index in [0.717, 1.165) is 12.2 Å². The van der Waals surface area contributed by atoms with E-state index in [9.17, 15) is 0 Å². The number of nitrogens with zero attached hydrogens (tertiary/aromatic N) is 3. The van der Waals surface area contributed by atoms with Gasteiger partial charge < -0.3 is 4.57 Å². The van der Waals surface area contributed by atoms with Crippen LogP contribution in [0.2, 0.25) is 0 Å². The number of aromatic nitrogens is 3. The normalized spacial score (nSPS) is 10.6. The predicted molar refractivity (Wildman–Crippen MR) is 59.8 cm³/mol. The summed E-state index contributed by atoms with van der Waals surface area (Å²) in [6, 6.07) is 2.15. The fourth-order valence-corrected chi connectivity index (χ4v) is 1.60. The van der Waals surface area contributed by atoms with Gasteiger partial charge in [0.05, 0.1) is 18.6 Å². The van der Waals surface area contributed by atoms with Gasteiger partial charge in [-0.05, 0) is 31.9 Å². The molecule has 0 amide bonds. The molecular weight excluding hydrogens is 186 g/mol. The van der Waals surface area contributed by atoms with Crippen molar-refractivity contribution in [3.63, 3.8) is 0 Å². The van der Waals surface area contributed by atoms with E-state index in [1.54, 1.807) is 0 Å². The summed E-state index contributed by atoms with van der Waals surface area (Å²) >= 11 is 0. The summed E-state index contributed by atoms with van der Waals surface area (Å²) in [5.41, 5.74) is 4.73. The van der Waals surface area contributed by atoms with E-state index >= 15 is 0 Å². The lowest BCUT2D eigenvalue weighted by Gasteiger charge is -2.05. The Morgan fingerprint density at radius 1 is 1.20 bits per heavy atom. The summed E-state index contributed by atoms with van der Waals surface area (Å²) in [6.07, 6.45) is 5.66. The molecule has 0 spiro atoms. The predicted octanol–water partition coefficient (Wildman–Crippen LogP) is 2.25. The lowest BCUT2D eigenvalue weighted by molar-refractivity contribution is 0.764. The third-order valence-electron chi connectivity index (χ3n) is 2.63. The number of hydrogen-bond acceptors (Lipinski definition) is 2. The quantitative estimate of drug-likeness (QED) is 0.746. The summed E-state index contributed by atoms with van der Waals surface area (Å²) < 4.78 is 2.14. The van der Waals surface area contributed by atoms with Crippen LogP contribution in [0.1, 0.15) is 22.5 Å². The molecule has 0 aliphatic rings. The van der Waals surface area contributed by atoms with Gasteiger partial charge in [-0.25, -0.2) is 4.98 Å². The summed E-state index contributed by atoms with van der Waals surface area (Å²) in [6.45, 7) is 7.02. The zero-order valence-electron chi connectivity index (χ0n) is 9.36. The van der Waals surface area contributed by atoms with Gasteiger partial charge in [-0.2, -0.15) is 0 Å². The summed E-state index contributed by atoms with van der Waals surface area (Å²) in [5.74, 6) is 0. The van der Waals surface area contributed by atoms with Crippen molar-refractivity contribution in [1.82, 2.24) is 14.5 Å². The van der Waals surface area contributed by atoms with Crippen LogP contribution in [0.5, 0.6) is 0 Å². The minimum Gasteiger partial charge on any atom is -0.330 e. The van der Waals surface area contributed by atoms with Gasteiger partial charge in [0, 0.05) is 18.1 Å². The standard InChI is InChI=1S/C12H15N3/c1-9-4-12(6-13-5-9)7-15-8-14-10(2)11(15)3/h4-6,8H,7H2,1-3H3. The maximum Gasteiger partial charge on any atom is 0.0954 e. The number of rotatable bonds is 2. The van der Waals surface area contributed by atoms with Crippen molar-refractivity contribution in [2.75, 3.05) is 0 Å². The van der Waals surface area contributed by atoms with Gasteiger partial charge in [0.25, 0.3) is 0 Å². The van der Waals surface area contributed by atoms with Gasteiger partial charge in [-0.15, -0.1) is 0 Å². The Kier molecular flexibility index (Phi) is 2.54. The first-order valence-electron chi connectivity index (χ1n) is 5.05. The maximum atomic E-state index is 4.28. The average Bonchev–Trinajstić information content (AvgIpc) is 2.50. The minimum atomic E-state index is 0.849. The summed E-state index contributed by atoms with van der Waals surface area (Å²) in [5, 5.41) is 0. The SMILES string of the molecule is Cc1cncc(Cn2cnc(C)c2C)c1. The third kappa shape index (κ3) is 2.06. The molecule has 0 saturated heterocycles. The molecule has 0 radical (unpaired) electrons. The van der Waals surface area contributed by atoms with Crippen molar-refractivity contribution in [3.05, 3.63) is 47.3 Å². The van der Waals surface area contributed by atoms with Crippen molar-refractivity contribution >= 4 is 0 Å². The molecular formula is C12H15N3. The number of pyridine rings is 1. The molecule has 2 aromatic rings. The molecule has 2 heterocycles. The molecule has 0 atom stereocenters. The van der Waals surface area contributed by atoms with E-state index in [0.29, 0.717) is 0 Å². The second-order valence-electron chi connectivity index (χ2n) is 3.91. The minimum absolute atomic E-state index is 0.849. The molecule has 0 saturated carbocycles. The van der Waals surface area contributed by atoms with Gasteiger partial charge in [0.2, 0.25) is 0 Å². The van der Waals surface area contributed by atoms with Crippen molar-refractivity contribution in [2.24, 2.45) is 0 Å². The fraction of sp³-hybridized carbons (Fsp3) is 0.333. The average molecular weight is 201 g/mol. The van der Waals surface area contributed by atoms with E-state index in [4.69, 9.17) is 0 Å². The Morgan fingerprint density at radius 2 is 2.00 bits per heavy atom. The van der Waals surface area contributed by atoms with Crippen molar-refractivity contribution in [2.45, 2.75) is 27.3 Å². The number of aryl methyl sites for hydroxylation is 2. The first kappa shape index (κ1) is 9.90. The highest BCUT2D eigenvalue weighted by atomic mass is 15.0. The summed E-state index contributed by atoms with van der Waals surface area (Å²) in [7, 11) is 0. The van der Waals surface area contributed by atoms with Crippen LogP contribution in [0.15, 0.2) is 24.8 Å². The molecule has 2 aromatic heterocycles. The molecule has 0 aliphatic heterocycles. The molecule has 0 fully saturated rings. The van der Waals surface area contributed by atoms with E-state index in [1.165, 1.54) is 16.8 Å². The molecule has 15 heavy (non-hydrogen) atoms. The highest BCUT2D eigenvalue weighted by molar-refractivity contribution is 5.18. The van der Waals surface area contributed by atoms with Gasteiger partial charge in [-0.3, -0.25) is 4.98 Å². The molecule has 0 bridgehead atoms. The zero-order chi connectivity index (χ0) is 10.8. The van der Waals surface area contributed by atoms with Crippen LogP contribution in [0, 0.1) is 20.8 Å². The van der Waals surface area contributed by atoms with Crippen molar-refractivity contribution in [3.8, 4) is 0 Å². The Balaban J connectivity index is 2.26. The monoisotopic (exact) mass is 201 g/mol. The Labute approximate surface area is 89.8 Å². The molecule has 0 aromatic carbocycles. The molecule has 78 valence electrons. The number of hydrogen-bond donors (Lipinski definition) is 0. The number of imidazole rings is 1. The van der Waals surface area contributed by atoms with E-state index in [1.807, 2.05) is 25.6 Å². The topological polar surface area (TPSA) is 30.7 Å². The van der Waals surface area contributed by atoms with E-state index in [2.05, 4.69) is 34.4 Å². The van der Waals surface area contributed by atoms with Gasteiger partial charge in [0.15, 0.2) is 0 Å². The zero-order valence-corrected chi connectivity index (χ0v) is 9.36. The second kappa shape index (κ2) is 3.85. The summed E-state index contributed by atoms with van der Waals surface area (Å²) in [4.78, 5) is 8.46. The first-order chi connectivity index (χ1) is 7.16. The highest BCUT2D eigenvalue weighted by Gasteiger charge is 2.02.